The second kappa shape index (κ2) is 8.13. The van der Waals surface area contributed by atoms with Crippen LogP contribution in [0.5, 0.6) is 0 Å². The molecule has 0 radical (unpaired) electrons. The number of pyridine rings is 2. The molecule has 0 fully saturated rings. The van der Waals surface area contributed by atoms with Gasteiger partial charge in [-0.25, -0.2) is 8.78 Å². The molecule has 2 heterocycles. The Labute approximate surface area is 153 Å². The van der Waals surface area contributed by atoms with Gasteiger partial charge in [-0.15, -0.1) is 0 Å². The standard InChI is InChI=1S/C19H14F2N4O2/c20-15-4-1-5-16(21)17(15)25-19(27)14-7-13(10-23-11-14)18(26)24-9-12-3-2-6-22-8-12/h1-8,10-11H,9H2,(H,24,26)(H,25,27). The predicted molar refractivity (Wildman–Crippen MR) is 94.0 cm³/mol. The van der Waals surface area contributed by atoms with Crippen molar-refractivity contribution >= 4 is 17.5 Å². The van der Waals surface area contributed by atoms with Crippen LogP contribution >= 0.6 is 0 Å². The fourth-order valence-electron chi connectivity index (χ4n) is 2.28. The van der Waals surface area contributed by atoms with Gasteiger partial charge in [0.15, 0.2) is 0 Å². The van der Waals surface area contributed by atoms with Crippen LogP contribution in [-0.4, -0.2) is 21.8 Å². The van der Waals surface area contributed by atoms with E-state index in [0.717, 1.165) is 17.7 Å². The molecule has 27 heavy (non-hydrogen) atoms. The summed E-state index contributed by atoms with van der Waals surface area (Å²) < 4.78 is 27.3. The highest BCUT2D eigenvalue weighted by Crippen LogP contribution is 2.19. The highest BCUT2D eigenvalue weighted by atomic mass is 19.1. The molecule has 2 N–H and O–H groups in total. The first kappa shape index (κ1) is 18.1. The minimum atomic E-state index is -0.901. The number of nitrogens with zero attached hydrogens (tertiary/aromatic N) is 2. The van der Waals surface area contributed by atoms with Crippen molar-refractivity contribution in [2.45, 2.75) is 6.54 Å². The minimum Gasteiger partial charge on any atom is -0.348 e. The highest BCUT2D eigenvalue weighted by molar-refractivity contribution is 6.05. The van der Waals surface area contributed by atoms with Crippen molar-refractivity contribution in [3.63, 3.8) is 0 Å². The summed E-state index contributed by atoms with van der Waals surface area (Å²) in [6, 6.07) is 8.08. The molecule has 0 aliphatic carbocycles. The zero-order valence-corrected chi connectivity index (χ0v) is 13.9. The number of rotatable bonds is 5. The molecule has 0 bridgehead atoms. The molecule has 1 aromatic carbocycles. The summed E-state index contributed by atoms with van der Waals surface area (Å²) in [6.45, 7) is 0.254. The summed E-state index contributed by atoms with van der Waals surface area (Å²) in [5.74, 6) is -3.03. The lowest BCUT2D eigenvalue weighted by Crippen LogP contribution is -2.24. The van der Waals surface area contributed by atoms with E-state index in [-0.39, 0.29) is 17.7 Å². The van der Waals surface area contributed by atoms with Gasteiger partial charge in [-0.1, -0.05) is 12.1 Å². The molecular weight excluding hydrogens is 354 g/mol. The molecule has 6 nitrogen and oxygen atoms in total. The Morgan fingerprint density at radius 3 is 2.26 bits per heavy atom. The predicted octanol–water partition coefficient (Wildman–Crippen LogP) is 2.94. The van der Waals surface area contributed by atoms with Crippen LogP contribution in [0.15, 0.2) is 61.2 Å². The first-order valence-corrected chi connectivity index (χ1v) is 7.92. The van der Waals surface area contributed by atoms with Gasteiger partial charge >= 0.3 is 0 Å². The van der Waals surface area contributed by atoms with E-state index in [2.05, 4.69) is 20.6 Å². The average Bonchev–Trinajstić information content (AvgIpc) is 2.70. The van der Waals surface area contributed by atoms with Crippen LogP contribution in [-0.2, 0) is 6.54 Å². The van der Waals surface area contributed by atoms with Crippen molar-refractivity contribution in [3.05, 3.63) is 89.5 Å². The van der Waals surface area contributed by atoms with Crippen molar-refractivity contribution in [2.24, 2.45) is 0 Å². The summed E-state index contributed by atoms with van der Waals surface area (Å²) in [5, 5.41) is 4.83. The molecule has 0 saturated heterocycles. The highest BCUT2D eigenvalue weighted by Gasteiger charge is 2.15. The van der Waals surface area contributed by atoms with E-state index in [1.807, 2.05) is 0 Å². The van der Waals surface area contributed by atoms with Gasteiger partial charge in [0.1, 0.15) is 17.3 Å². The van der Waals surface area contributed by atoms with Crippen LogP contribution < -0.4 is 10.6 Å². The summed E-state index contributed by atoms with van der Waals surface area (Å²) in [6.07, 6.45) is 5.73. The Morgan fingerprint density at radius 1 is 0.889 bits per heavy atom. The van der Waals surface area contributed by atoms with E-state index >= 15 is 0 Å². The van der Waals surface area contributed by atoms with Crippen LogP contribution in [0, 0.1) is 11.6 Å². The van der Waals surface area contributed by atoms with Gasteiger partial charge in [0.25, 0.3) is 11.8 Å². The lowest BCUT2D eigenvalue weighted by atomic mass is 10.1. The number of aromatic nitrogens is 2. The molecule has 0 aliphatic rings. The molecule has 0 aliphatic heterocycles. The number of halogens is 2. The lowest BCUT2D eigenvalue weighted by Gasteiger charge is -2.09. The number of carbonyl (C=O) groups is 2. The van der Waals surface area contributed by atoms with Crippen molar-refractivity contribution < 1.29 is 18.4 Å². The fourth-order valence-corrected chi connectivity index (χ4v) is 2.28. The monoisotopic (exact) mass is 368 g/mol. The van der Waals surface area contributed by atoms with Gasteiger partial charge in [-0.3, -0.25) is 19.6 Å². The SMILES string of the molecule is O=C(NCc1cccnc1)c1cncc(C(=O)Nc2c(F)cccc2F)c1. The van der Waals surface area contributed by atoms with Gasteiger partial charge in [0.05, 0.1) is 11.1 Å². The Hall–Kier alpha value is -3.68. The third kappa shape index (κ3) is 4.49. The van der Waals surface area contributed by atoms with Crippen LogP contribution in [0.3, 0.4) is 0 Å². The average molecular weight is 368 g/mol. The van der Waals surface area contributed by atoms with Gasteiger partial charge < -0.3 is 10.6 Å². The maximum atomic E-state index is 13.7. The largest absolute Gasteiger partial charge is 0.348 e. The van der Waals surface area contributed by atoms with Crippen molar-refractivity contribution in [1.29, 1.82) is 0 Å². The second-order valence-electron chi connectivity index (χ2n) is 5.56. The number of carbonyl (C=O) groups excluding carboxylic acids is 2. The van der Waals surface area contributed by atoms with Crippen LogP contribution in [0.1, 0.15) is 26.3 Å². The van der Waals surface area contributed by atoms with E-state index in [0.29, 0.717) is 0 Å². The Kier molecular flexibility index (Phi) is 5.46. The Morgan fingerprint density at radius 2 is 1.59 bits per heavy atom. The fraction of sp³-hybridized carbons (Fsp3) is 0.0526. The first-order chi connectivity index (χ1) is 13.0. The zero-order chi connectivity index (χ0) is 19.2. The molecule has 0 unspecified atom stereocenters. The van der Waals surface area contributed by atoms with Crippen LogP contribution in [0.25, 0.3) is 0 Å². The molecule has 2 amide bonds. The van der Waals surface area contributed by atoms with E-state index < -0.39 is 29.1 Å². The van der Waals surface area contributed by atoms with Gasteiger partial charge in [0, 0.05) is 31.3 Å². The van der Waals surface area contributed by atoms with Crippen LogP contribution in [0.2, 0.25) is 0 Å². The number of nitrogens with one attached hydrogen (secondary N) is 2. The summed E-state index contributed by atoms with van der Waals surface area (Å²) >= 11 is 0. The van der Waals surface area contributed by atoms with Crippen molar-refractivity contribution in [3.8, 4) is 0 Å². The molecule has 2 aromatic heterocycles. The number of anilines is 1. The lowest BCUT2D eigenvalue weighted by molar-refractivity contribution is 0.0950. The summed E-state index contributed by atoms with van der Waals surface area (Å²) in [5.41, 5.74) is 0.379. The maximum Gasteiger partial charge on any atom is 0.257 e. The Bertz CT molecular complexity index is 960. The van der Waals surface area contributed by atoms with Crippen molar-refractivity contribution in [1.82, 2.24) is 15.3 Å². The van der Waals surface area contributed by atoms with Crippen LogP contribution in [0.4, 0.5) is 14.5 Å². The minimum absolute atomic E-state index is 0.00770. The van der Waals surface area contributed by atoms with E-state index in [4.69, 9.17) is 0 Å². The summed E-state index contributed by atoms with van der Waals surface area (Å²) in [7, 11) is 0. The topological polar surface area (TPSA) is 84.0 Å². The van der Waals surface area contributed by atoms with E-state index in [9.17, 15) is 18.4 Å². The van der Waals surface area contributed by atoms with Gasteiger partial charge in [0.2, 0.25) is 0 Å². The molecule has 0 atom stereocenters. The smallest absolute Gasteiger partial charge is 0.257 e. The van der Waals surface area contributed by atoms with E-state index in [1.165, 1.54) is 24.5 Å². The number of hydrogen-bond acceptors (Lipinski definition) is 4. The molecule has 3 aromatic rings. The number of amides is 2. The normalized spacial score (nSPS) is 10.3. The molecular formula is C19H14F2N4O2. The third-order valence-electron chi connectivity index (χ3n) is 3.64. The molecule has 8 heteroatoms. The van der Waals surface area contributed by atoms with Gasteiger partial charge in [-0.2, -0.15) is 0 Å². The number of para-hydroxylation sites is 1. The number of benzene rings is 1. The second-order valence-corrected chi connectivity index (χ2v) is 5.56. The number of hydrogen-bond donors (Lipinski definition) is 2. The molecule has 0 saturated carbocycles. The van der Waals surface area contributed by atoms with E-state index in [1.54, 1.807) is 24.5 Å². The molecule has 0 spiro atoms. The van der Waals surface area contributed by atoms with Gasteiger partial charge in [-0.05, 0) is 29.8 Å². The Balaban J connectivity index is 1.71. The molecule has 3 rings (SSSR count). The molecule has 136 valence electrons. The quantitative estimate of drug-likeness (QED) is 0.725. The first-order valence-electron chi connectivity index (χ1n) is 7.92. The van der Waals surface area contributed by atoms with Crippen molar-refractivity contribution in [2.75, 3.05) is 5.32 Å². The zero-order valence-electron chi connectivity index (χ0n) is 13.9. The third-order valence-corrected chi connectivity index (χ3v) is 3.64. The summed E-state index contributed by atoms with van der Waals surface area (Å²) in [4.78, 5) is 32.3. The maximum absolute atomic E-state index is 13.7.